The molecule has 0 saturated heterocycles. The topological polar surface area (TPSA) is 35.5 Å². The minimum Gasteiger partial charge on any atom is -0.547 e. The summed E-state index contributed by atoms with van der Waals surface area (Å²) in [6.07, 6.45) is 3.46. The molecule has 106 valence electrons. The van der Waals surface area contributed by atoms with Crippen LogP contribution in [0.4, 0.5) is 0 Å². The second-order valence-corrected chi connectivity index (χ2v) is 9.77. The quantitative estimate of drug-likeness (QED) is 0.287. The number of esters is 1. The summed E-state index contributed by atoms with van der Waals surface area (Å²) in [7, 11) is -1.68. The Morgan fingerprint density at radius 3 is 1.94 bits per heavy atom. The summed E-state index contributed by atoms with van der Waals surface area (Å²) in [5, 5.41) is 0. The molecular weight excluding hydrogens is 244 g/mol. The van der Waals surface area contributed by atoms with Gasteiger partial charge in [0, 0.05) is 6.42 Å². The third-order valence-electron chi connectivity index (χ3n) is 2.26. The molecule has 0 amide bonds. The smallest absolute Gasteiger partial charge is 0.337 e. The zero-order valence-electron chi connectivity index (χ0n) is 12.8. The minimum absolute atomic E-state index is 0.207. The van der Waals surface area contributed by atoms with Gasteiger partial charge in [-0.15, -0.1) is 0 Å². The first-order valence-electron chi connectivity index (χ1n) is 6.93. The van der Waals surface area contributed by atoms with E-state index < -0.39 is 8.32 Å². The van der Waals surface area contributed by atoms with Crippen molar-refractivity contribution in [1.82, 2.24) is 0 Å². The fourth-order valence-electron chi connectivity index (χ4n) is 1.68. The van der Waals surface area contributed by atoms with Gasteiger partial charge in [-0.25, -0.2) is 4.79 Å². The van der Waals surface area contributed by atoms with E-state index in [4.69, 9.17) is 9.16 Å². The molecular formula is C14H28O3Si. The molecule has 0 aliphatic carbocycles. The number of hydrogen-bond acceptors (Lipinski definition) is 3. The van der Waals surface area contributed by atoms with Gasteiger partial charge in [-0.1, -0.05) is 20.3 Å². The highest BCUT2D eigenvalue weighted by Crippen LogP contribution is 2.23. The van der Waals surface area contributed by atoms with E-state index in [1.54, 1.807) is 0 Å². The van der Waals surface area contributed by atoms with Gasteiger partial charge in [0.2, 0.25) is 8.32 Å². The molecule has 0 atom stereocenters. The molecule has 0 saturated carbocycles. The first-order chi connectivity index (χ1) is 8.35. The highest BCUT2D eigenvalue weighted by molar-refractivity contribution is 6.70. The van der Waals surface area contributed by atoms with Crippen LogP contribution in [-0.4, -0.2) is 20.9 Å². The van der Waals surface area contributed by atoms with Crippen LogP contribution in [0, 0.1) is 0 Å². The summed E-state index contributed by atoms with van der Waals surface area (Å²) in [5.41, 5.74) is 0.739. The number of carbonyl (C=O) groups is 1. The molecule has 0 heterocycles. The Morgan fingerprint density at radius 1 is 1.00 bits per heavy atom. The van der Waals surface area contributed by atoms with Crippen LogP contribution in [0.3, 0.4) is 0 Å². The van der Waals surface area contributed by atoms with Crippen molar-refractivity contribution in [3.8, 4) is 0 Å². The molecule has 0 spiro atoms. The van der Waals surface area contributed by atoms with E-state index in [9.17, 15) is 4.79 Å². The first-order valence-corrected chi connectivity index (χ1v) is 10.3. The molecule has 0 aromatic carbocycles. The summed E-state index contributed by atoms with van der Waals surface area (Å²) >= 11 is 0. The zero-order valence-corrected chi connectivity index (χ0v) is 13.8. The van der Waals surface area contributed by atoms with Crippen LogP contribution in [0.1, 0.15) is 46.5 Å². The van der Waals surface area contributed by atoms with Gasteiger partial charge in [0.15, 0.2) is 0 Å². The summed E-state index contributed by atoms with van der Waals surface area (Å²) < 4.78 is 11.2. The van der Waals surface area contributed by atoms with Crippen LogP contribution < -0.4 is 0 Å². The minimum atomic E-state index is -1.68. The lowest BCUT2D eigenvalue weighted by molar-refractivity contribution is -0.138. The molecule has 0 unspecified atom stereocenters. The number of allylic oxidation sites excluding steroid dienone is 1. The van der Waals surface area contributed by atoms with Gasteiger partial charge in [0.1, 0.15) is 0 Å². The van der Waals surface area contributed by atoms with E-state index in [1.165, 1.54) is 0 Å². The molecule has 0 aromatic rings. The summed E-state index contributed by atoms with van der Waals surface area (Å²) in [4.78, 5) is 12.0. The standard InChI is InChI=1S/C14H28O3Si/c1-7-10-12(14(15)16-9-3)13(11-8-2)17-18(4,5)6/h7-11H2,1-6H3/b13-12-. The van der Waals surface area contributed by atoms with Crippen LogP contribution in [0.5, 0.6) is 0 Å². The number of ether oxygens (including phenoxy) is 1. The van der Waals surface area contributed by atoms with Crippen LogP contribution in [0.25, 0.3) is 0 Å². The lowest BCUT2D eigenvalue weighted by atomic mass is 10.1. The lowest BCUT2D eigenvalue weighted by Gasteiger charge is -2.24. The molecule has 3 nitrogen and oxygen atoms in total. The van der Waals surface area contributed by atoms with E-state index in [0.29, 0.717) is 6.61 Å². The van der Waals surface area contributed by atoms with Crippen molar-refractivity contribution < 1.29 is 14.0 Å². The highest BCUT2D eigenvalue weighted by atomic mass is 28.4. The van der Waals surface area contributed by atoms with Crippen molar-refractivity contribution in [2.45, 2.75) is 66.1 Å². The second-order valence-electron chi connectivity index (χ2n) is 5.34. The Kier molecular flexibility index (Phi) is 7.99. The largest absolute Gasteiger partial charge is 0.547 e. The van der Waals surface area contributed by atoms with Crippen molar-refractivity contribution in [2.24, 2.45) is 0 Å². The van der Waals surface area contributed by atoms with Crippen molar-refractivity contribution in [3.63, 3.8) is 0 Å². The molecule has 18 heavy (non-hydrogen) atoms. The van der Waals surface area contributed by atoms with Gasteiger partial charge in [-0.2, -0.15) is 0 Å². The molecule has 0 N–H and O–H groups in total. The average Bonchev–Trinajstić information content (AvgIpc) is 2.23. The van der Waals surface area contributed by atoms with Gasteiger partial charge in [-0.3, -0.25) is 0 Å². The van der Waals surface area contributed by atoms with Gasteiger partial charge < -0.3 is 9.16 Å². The average molecular weight is 272 g/mol. The molecule has 0 rings (SSSR count). The number of carbonyl (C=O) groups excluding carboxylic acids is 1. The van der Waals surface area contributed by atoms with Gasteiger partial charge in [0.25, 0.3) is 0 Å². The Balaban J connectivity index is 5.20. The molecule has 4 heteroatoms. The van der Waals surface area contributed by atoms with E-state index in [-0.39, 0.29) is 5.97 Å². The Bertz CT molecular complexity index is 290. The Labute approximate surface area is 113 Å². The first kappa shape index (κ1) is 17.2. The third kappa shape index (κ3) is 6.84. The summed E-state index contributed by atoms with van der Waals surface area (Å²) in [6, 6.07) is 0. The van der Waals surface area contributed by atoms with Gasteiger partial charge >= 0.3 is 5.97 Å². The molecule has 0 aliphatic heterocycles. The SMILES string of the molecule is CCC/C(O[Si](C)(C)C)=C(\CCC)C(=O)OCC. The van der Waals surface area contributed by atoms with E-state index in [2.05, 4.69) is 33.5 Å². The van der Waals surface area contributed by atoms with E-state index >= 15 is 0 Å². The second kappa shape index (κ2) is 8.35. The Morgan fingerprint density at radius 2 is 1.56 bits per heavy atom. The van der Waals surface area contributed by atoms with Crippen molar-refractivity contribution in [3.05, 3.63) is 11.3 Å². The van der Waals surface area contributed by atoms with Crippen molar-refractivity contribution >= 4 is 14.3 Å². The van der Waals surface area contributed by atoms with E-state index in [0.717, 1.165) is 37.0 Å². The van der Waals surface area contributed by atoms with Gasteiger partial charge in [-0.05, 0) is 39.4 Å². The summed E-state index contributed by atoms with van der Waals surface area (Å²) in [5.74, 6) is 0.651. The van der Waals surface area contributed by atoms with Gasteiger partial charge in [0.05, 0.1) is 17.9 Å². The van der Waals surface area contributed by atoms with Crippen LogP contribution in [-0.2, 0) is 14.0 Å². The van der Waals surface area contributed by atoms with Crippen LogP contribution >= 0.6 is 0 Å². The maximum absolute atomic E-state index is 12.0. The maximum atomic E-state index is 12.0. The fourth-order valence-corrected chi connectivity index (χ4v) is 2.65. The summed E-state index contributed by atoms with van der Waals surface area (Å²) in [6.45, 7) is 12.8. The van der Waals surface area contributed by atoms with Crippen molar-refractivity contribution in [2.75, 3.05) is 6.61 Å². The molecule has 0 aliphatic rings. The monoisotopic (exact) mass is 272 g/mol. The molecule has 0 radical (unpaired) electrons. The van der Waals surface area contributed by atoms with Crippen molar-refractivity contribution in [1.29, 1.82) is 0 Å². The van der Waals surface area contributed by atoms with Crippen LogP contribution in [0.2, 0.25) is 19.6 Å². The highest BCUT2D eigenvalue weighted by Gasteiger charge is 2.23. The maximum Gasteiger partial charge on any atom is 0.337 e. The molecule has 0 bridgehead atoms. The fraction of sp³-hybridized carbons (Fsp3) is 0.786. The third-order valence-corrected chi connectivity index (χ3v) is 3.12. The predicted octanol–water partition coefficient (Wildman–Crippen LogP) is 4.26. The Hall–Kier alpha value is -0.773. The number of rotatable bonds is 8. The molecule has 0 fully saturated rings. The zero-order chi connectivity index (χ0) is 14.2. The van der Waals surface area contributed by atoms with E-state index in [1.807, 2.05) is 6.92 Å². The lowest BCUT2D eigenvalue weighted by Crippen LogP contribution is -2.26. The number of hydrogen-bond donors (Lipinski definition) is 0. The normalized spacial score (nSPS) is 13.0. The molecule has 0 aromatic heterocycles. The predicted molar refractivity (Wildman–Crippen MR) is 77.9 cm³/mol. The van der Waals surface area contributed by atoms with Crippen LogP contribution in [0.15, 0.2) is 11.3 Å².